The molecule has 1 aliphatic rings. The molecule has 2 aromatic heterocycles. The molecular formula is C17H24N4O2. The van der Waals surface area contributed by atoms with Gasteiger partial charge in [0.1, 0.15) is 5.52 Å². The Morgan fingerprint density at radius 1 is 1.39 bits per heavy atom. The van der Waals surface area contributed by atoms with Crippen molar-refractivity contribution in [2.24, 2.45) is 13.0 Å². The van der Waals surface area contributed by atoms with Gasteiger partial charge in [-0.25, -0.2) is 0 Å². The van der Waals surface area contributed by atoms with Crippen LogP contribution in [-0.2, 0) is 7.05 Å². The molecule has 3 heterocycles. The molecule has 3 rings (SSSR count). The number of carbonyl (C=O) groups is 1. The first-order chi connectivity index (χ1) is 11.1. The van der Waals surface area contributed by atoms with Crippen LogP contribution in [-0.4, -0.2) is 46.5 Å². The van der Waals surface area contributed by atoms with Crippen molar-refractivity contribution >= 4 is 16.8 Å². The van der Waals surface area contributed by atoms with E-state index in [-0.39, 0.29) is 11.5 Å². The topological polar surface area (TPSA) is 70.1 Å². The quantitative estimate of drug-likeness (QED) is 0.894. The average molecular weight is 316 g/mol. The summed E-state index contributed by atoms with van der Waals surface area (Å²) in [4.78, 5) is 29.8. The summed E-state index contributed by atoms with van der Waals surface area (Å²) in [6.07, 6.45) is 5.77. The Morgan fingerprint density at radius 2 is 2.13 bits per heavy atom. The average Bonchev–Trinajstić information content (AvgIpc) is 3.02. The summed E-state index contributed by atoms with van der Waals surface area (Å²) in [6, 6.07) is 1.78. The Labute approximate surface area is 135 Å². The lowest BCUT2D eigenvalue weighted by molar-refractivity contribution is 0.0945. The van der Waals surface area contributed by atoms with Crippen LogP contribution in [0.3, 0.4) is 0 Å². The Morgan fingerprint density at radius 3 is 2.87 bits per heavy atom. The summed E-state index contributed by atoms with van der Waals surface area (Å²) in [7, 11) is 1.66. The van der Waals surface area contributed by atoms with Crippen LogP contribution < -0.4 is 10.9 Å². The van der Waals surface area contributed by atoms with Crippen LogP contribution in [0.15, 0.2) is 23.3 Å². The summed E-state index contributed by atoms with van der Waals surface area (Å²) >= 11 is 0. The molecule has 0 unspecified atom stereocenters. The van der Waals surface area contributed by atoms with Gasteiger partial charge in [-0.1, -0.05) is 6.92 Å². The van der Waals surface area contributed by atoms with Crippen LogP contribution in [0, 0.1) is 5.92 Å². The van der Waals surface area contributed by atoms with Gasteiger partial charge in [0.15, 0.2) is 0 Å². The molecule has 1 amide bonds. The third-order valence-corrected chi connectivity index (χ3v) is 4.73. The number of nitrogens with one attached hydrogen (secondary N) is 2. The van der Waals surface area contributed by atoms with Gasteiger partial charge in [0, 0.05) is 37.9 Å². The molecule has 6 nitrogen and oxygen atoms in total. The lowest BCUT2D eigenvalue weighted by atomic mass is 9.99. The van der Waals surface area contributed by atoms with Crippen LogP contribution in [0.1, 0.15) is 30.1 Å². The molecule has 0 atom stereocenters. The largest absolute Gasteiger partial charge is 0.357 e. The molecule has 0 spiro atoms. The molecule has 1 saturated heterocycles. The van der Waals surface area contributed by atoms with Gasteiger partial charge in [0.05, 0.1) is 5.56 Å². The number of hydrogen-bond acceptors (Lipinski definition) is 3. The first-order valence-corrected chi connectivity index (χ1v) is 8.23. The molecule has 2 N–H and O–H groups in total. The number of likely N-dealkylation sites (tertiary alicyclic amines) is 1. The standard InChI is InChI=1S/C17H24N4O2/c1-12-4-8-21(9-5-12)10-7-19-16(22)14-11-20(2)17(23)15-13(14)3-6-18-15/h3,6,11-12,18H,4-5,7-10H2,1-2H3,(H,19,22). The second kappa shape index (κ2) is 6.58. The second-order valence-corrected chi connectivity index (χ2v) is 6.51. The van der Waals surface area contributed by atoms with E-state index in [1.165, 1.54) is 17.4 Å². The number of rotatable bonds is 4. The van der Waals surface area contributed by atoms with Crippen molar-refractivity contribution in [3.8, 4) is 0 Å². The van der Waals surface area contributed by atoms with Crippen molar-refractivity contribution in [2.75, 3.05) is 26.2 Å². The molecule has 124 valence electrons. The minimum atomic E-state index is -0.129. The van der Waals surface area contributed by atoms with Crippen LogP contribution in [0.4, 0.5) is 0 Å². The fraction of sp³-hybridized carbons (Fsp3) is 0.529. The zero-order chi connectivity index (χ0) is 16.4. The van der Waals surface area contributed by atoms with Gasteiger partial charge in [0.2, 0.25) is 0 Å². The van der Waals surface area contributed by atoms with Crippen molar-refractivity contribution in [3.05, 3.63) is 34.4 Å². The molecule has 2 aromatic rings. The van der Waals surface area contributed by atoms with Crippen molar-refractivity contribution in [1.82, 2.24) is 19.8 Å². The summed E-state index contributed by atoms with van der Waals surface area (Å²) in [5, 5.41) is 3.65. The molecule has 1 aliphatic heterocycles. The number of amides is 1. The van der Waals surface area contributed by atoms with Crippen molar-refractivity contribution in [3.63, 3.8) is 0 Å². The number of aryl methyl sites for hydroxylation is 1. The normalized spacial score (nSPS) is 16.8. The number of aromatic nitrogens is 2. The van der Waals surface area contributed by atoms with Gasteiger partial charge in [-0.2, -0.15) is 0 Å². The minimum Gasteiger partial charge on any atom is -0.357 e. The fourth-order valence-corrected chi connectivity index (χ4v) is 3.16. The van der Waals surface area contributed by atoms with Crippen molar-refractivity contribution < 1.29 is 4.79 Å². The summed E-state index contributed by atoms with van der Waals surface area (Å²) in [5.41, 5.74) is 0.893. The Balaban J connectivity index is 1.64. The second-order valence-electron chi connectivity index (χ2n) is 6.51. The first-order valence-electron chi connectivity index (χ1n) is 8.23. The summed E-state index contributed by atoms with van der Waals surface area (Å²) < 4.78 is 1.44. The SMILES string of the molecule is CC1CCN(CCNC(=O)c2cn(C)c(=O)c3[nH]ccc23)CC1. The molecular weight excluding hydrogens is 292 g/mol. The molecule has 6 heteroatoms. The van der Waals surface area contributed by atoms with E-state index in [9.17, 15) is 9.59 Å². The predicted octanol–water partition coefficient (Wildman–Crippen LogP) is 1.33. The third kappa shape index (κ3) is 3.32. The maximum Gasteiger partial charge on any atom is 0.274 e. The molecule has 0 aliphatic carbocycles. The number of carbonyl (C=O) groups excluding carboxylic acids is 1. The van der Waals surface area contributed by atoms with E-state index in [2.05, 4.69) is 22.1 Å². The molecule has 0 aromatic carbocycles. The number of pyridine rings is 1. The zero-order valence-electron chi connectivity index (χ0n) is 13.8. The van der Waals surface area contributed by atoms with E-state index in [1.54, 1.807) is 25.5 Å². The number of fused-ring (bicyclic) bond motifs is 1. The number of nitrogens with zero attached hydrogens (tertiary/aromatic N) is 2. The smallest absolute Gasteiger partial charge is 0.274 e. The third-order valence-electron chi connectivity index (χ3n) is 4.73. The van der Waals surface area contributed by atoms with E-state index in [1.807, 2.05) is 0 Å². The van der Waals surface area contributed by atoms with Crippen molar-refractivity contribution in [2.45, 2.75) is 19.8 Å². The Bertz CT molecular complexity index is 754. The number of hydrogen-bond donors (Lipinski definition) is 2. The lowest BCUT2D eigenvalue weighted by Crippen LogP contribution is -2.39. The highest BCUT2D eigenvalue weighted by Crippen LogP contribution is 2.16. The van der Waals surface area contributed by atoms with E-state index in [0.29, 0.717) is 23.0 Å². The molecule has 1 fully saturated rings. The Hall–Kier alpha value is -2.08. The Kier molecular flexibility index (Phi) is 4.52. The maximum absolute atomic E-state index is 12.5. The van der Waals surface area contributed by atoms with E-state index >= 15 is 0 Å². The monoisotopic (exact) mass is 316 g/mol. The molecule has 23 heavy (non-hydrogen) atoms. The number of aromatic amines is 1. The molecule has 0 bridgehead atoms. The fourth-order valence-electron chi connectivity index (χ4n) is 3.16. The lowest BCUT2D eigenvalue weighted by Gasteiger charge is -2.30. The van der Waals surface area contributed by atoms with Gasteiger partial charge >= 0.3 is 0 Å². The van der Waals surface area contributed by atoms with Crippen molar-refractivity contribution in [1.29, 1.82) is 0 Å². The molecule has 0 radical (unpaired) electrons. The van der Waals surface area contributed by atoms with Gasteiger partial charge in [-0.05, 0) is 37.9 Å². The van der Waals surface area contributed by atoms with E-state index in [4.69, 9.17) is 0 Å². The van der Waals surface area contributed by atoms with Crippen LogP contribution in [0.2, 0.25) is 0 Å². The number of H-pyrrole nitrogens is 1. The highest BCUT2D eigenvalue weighted by Gasteiger charge is 2.17. The highest BCUT2D eigenvalue weighted by atomic mass is 16.2. The summed E-state index contributed by atoms with van der Waals surface area (Å²) in [6.45, 7) is 6.02. The van der Waals surface area contributed by atoms with Crippen LogP contribution in [0.25, 0.3) is 10.9 Å². The summed E-state index contributed by atoms with van der Waals surface area (Å²) in [5.74, 6) is 0.684. The van der Waals surface area contributed by atoms with Gasteiger partial charge in [0.25, 0.3) is 11.5 Å². The predicted molar refractivity (Wildman–Crippen MR) is 90.7 cm³/mol. The molecule has 0 saturated carbocycles. The van der Waals surface area contributed by atoms with Gasteiger partial charge in [-0.15, -0.1) is 0 Å². The first kappa shape index (κ1) is 15.8. The van der Waals surface area contributed by atoms with Crippen LogP contribution >= 0.6 is 0 Å². The number of piperidine rings is 1. The van der Waals surface area contributed by atoms with E-state index < -0.39 is 0 Å². The van der Waals surface area contributed by atoms with Gasteiger partial charge in [-0.3, -0.25) is 9.59 Å². The highest BCUT2D eigenvalue weighted by molar-refractivity contribution is 6.05. The van der Waals surface area contributed by atoms with Gasteiger partial charge < -0.3 is 19.8 Å². The van der Waals surface area contributed by atoms with Crippen LogP contribution in [0.5, 0.6) is 0 Å². The minimum absolute atomic E-state index is 0.121. The van der Waals surface area contributed by atoms with E-state index in [0.717, 1.165) is 25.6 Å². The maximum atomic E-state index is 12.5. The zero-order valence-corrected chi connectivity index (χ0v) is 13.8.